The zero-order valence-corrected chi connectivity index (χ0v) is 9.59. The summed E-state index contributed by atoms with van der Waals surface area (Å²) in [5.74, 6) is 0. The molecule has 5 heteroatoms. The molecule has 0 aromatic carbocycles. The fourth-order valence-electron chi connectivity index (χ4n) is 0.304. The van der Waals surface area contributed by atoms with E-state index in [0.717, 1.165) is 12.8 Å². The first-order valence-corrected chi connectivity index (χ1v) is 3.89. The van der Waals surface area contributed by atoms with Gasteiger partial charge in [0.25, 0.3) is 0 Å². The zero-order valence-electron chi connectivity index (χ0n) is 5.39. The van der Waals surface area contributed by atoms with E-state index in [4.69, 9.17) is 4.89 Å². The Hall–Kier alpha value is 1.50. The molecular weight excluding hydrogens is 271 g/mol. The third kappa shape index (κ3) is 12.6. The normalized spacial score (nSPS) is 12.2. The summed E-state index contributed by atoms with van der Waals surface area (Å²) in [5, 5.41) is 0. The minimum Gasteiger partial charge on any atom is -0.326 e. The predicted molar refractivity (Wildman–Crippen MR) is 32.1 cm³/mol. The van der Waals surface area contributed by atoms with Gasteiger partial charge in [0, 0.05) is 40.8 Å². The molecule has 0 saturated carbocycles. The molecule has 0 heterocycles. The molecule has 0 aliphatic carbocycles. The maximum atomic E-state index is 9.84. The summed E-state index contributed by atoms with van der Waals surface area (Å²) in [6.07, 6.45) is 1.85. The van der Waals surface area contributed by atoms with Gasteiger partial charge in [-0.2, -0.15) is 0 Å². The van der Waals surface area contributed by atoms with E-state index in [1.807, 2.05) is 6.92 Å². The molecule has 0 aromatic rings. The molecule has 0 amide bonds. The molecule has 0 rings (SSSR count). The topological polar surface area (TPSA) is 46.5 Å². The van der Waals surface area contributed by atoms with Gasteiger partial charge in [0.15, 0.2) is 0 Å². The Morgan fingerprint density at radius 1 is 1.67 bits per heavy atom. The molecule has 0 radical (unpaired) electrons. The molecule has 1 atom stereocenters. The van der Waals surface area contributed by atoms with Crippen LogP contribution in [-0.4, -0.2) is 11.5 Å². The van der Waals surface area contributed by atoms with Gasteiger partial charge in [0.2, 0.25) is 0 Å². The van der Waals surface area contributed by atoms with E-state index in [1.165, 1.54) is 0 Å². The average Bonchev–Trinajstić information content (AvgIpc) is 1.66. The molecule has 0 spiro atoms. The van der Waals surface area contributed by atoms with Crippen LogP contribution in [0.1, 0.15) is 19.8 Å². The Labute approximate surface area is 88.6 Å². The van der Waals surface area contributed by atoms with Gasteiger partial charge in [-0.3, -0.25) is 4.57 Å². The fraction of sp³-hybridized carbons (Fsp3) is 1.00. The second-order valence-electron chi connectivity index (χ2n) is 1.47. The van der Waals surface area contributed by atoms with Crippen molar-refractivity contribution in [2.75, 3.05) is 6.61 Å². The molecule has 0 aliphatic heterocycles. The Balaban J connectivity index is 0. The van der Waals surface area contributed by atoms with E-state index in [1.54, 1.807) is 0 Å². The van der Waals surface area contributed by atoms with Crippen molar-refractivity contribution in [1.29, 1.82) is 0 Å². The van der Waals surface area contributed by atoms with Crippen LogP contribution in [0.5, 0.6) is 0 Å². The minimum atomic E-state index is -2.66. The Kier molecular flexibility index (Phi) is 13.8. The Morgan fingerprint density at radius 3 is 2.56 bits per heavy atom. The Bertz CT molecular complexity index is 78.2. The van der Waals surface area contributed by atoms with Gasteiger partial charge in [-0.15, -0.1) is 0 Å². The molecule has 3 nitrogen and oxygen atoms in total. The first-order valence-electron chi connectivity index (χ1n) is 2.63. The first kappa shape index (κ1) is 13.1. The van der Waals surface area contributed by atoms with E-state index in [-0.39, 0.29) is 40.8 Å². The zero-order chi connectivity index (χ0) is 6.41. The Morgan fingerprint density at radius 2 is 2.22 bits per heavy atom. The van der Waals surface area contributed by atoms with Crippen molar-refractivity contribution in [2.24, 2.45) is 0 Å². The second-order valence-corrected chi connectivity index (χ2v) is 2.29. The van der Waals surface area contributed by atoms with Crippen LogP contribution in [0.25, 0.3) is 0 Å². The molecule has 0 aromatic heterocycles. The van der Waals surface area contributed by atoms with Gasteiger partial charge in [0.05, 0.1) is 6.61 Å². The van der Waals surface area contributed by atoms with Crippen molar-refractivity contribution in [3.63, 3.8) is 0 Å². The monoisotopic (exact) mass is 280 g/mol. The molecule has 0 aliphatic rings. The summed E-state index contributed by atoms with van der Waals surface area (Å²) in [4.78, 5) is 8.10. The summed E-state index contributed by atoms with van der Waals surface area (Å²) >= 11 is 0. The van der Waals surface area contributed by atoms with E-state index in [9.17, 15) is 4.57 Å². The maximum absolute atomic E-state index is 9.84. The summed E-state index contributed by atoms with van der Waals surface area (Å²) in [5.41, 5.74) is 0. The number of hydrogen-bond acceptors (Lipinski definition) is 2. The molecule has 0 bridgehead atoms. The SMILES string of the molecule is CCCCO[PH](=O)O.[Nd]. The number of hydrogen-bond donors (Lipinski definition) is 1. The molecular formula is C4H11NdO3P. The van der Waals surface area contributed by atoms with Crippen molar-refractivity contribution >= 4 is 8.25 Å². The van der Waals surface area contributed by atoms with Crippen LogP contribution >= 0.6 is 8.25 Å². The average molecular weight is 282 g/mol. The van der Waals surface area contributed by atoms with Crippen LogP contribution < -0.4 is 0 Å². The van der Waals surface area contributed by atoms with Crippen LogP contribution in [0.2, 0.25) is 0 Å². The summed E-state index contributed by atoms with van der Waals surface area (Å²) in [7, 11) is -2.66. The van der Waals surface area contributed by atoms with Crippen molar-refractivity contribution in [3.05, 3.63) is 0 Å². The number of unbranched alkanes of at least 4 members (excludes halogenated alkanes) is 1. The second kappa shape index (κ2) is 9.50. The van der Waals surface area contributed by atoms with Crippen LogP contribution in [0.3, 0.4) is 0 Å². The summed E-state index contributed by atoms with van der Waals surface area (Å²) < 4.78 is 14.2. The minimum absolute atomic E-state index is 0. The van der Waals surface area contributed by atoms with Crippen LogP contribution in [0.4, 0.5) is 0 Å². The predicted octanol–water partition coefficient (Wildman–Crippen LogP) is 1.19. The van der Waals surface area contributed by atoms with Crippen LogP contribution in [0.15, 0.2) is 0 Å². The van der Waals surface area contributed by atoms with Crippen molar-refractivity contribution in [1.82, 2.24) is 0 Å². The van der Waals surface area contributed by atoms with Gasteiger partial charge in [-0.25, -0.2) is 0 Å². The summed E-state index contributed by atoms with van der Waals surface area (Å²) in [6, 6.07) is 0. The summed E-state index contributed by atoms with van der Waals surface area (Å²) in [6.45, 7) is 2.41. The van der Waals surface area contributed by atoms with E-state index in [2.05, 4.69) is 4.52 Å². The standard InChI is InChI=1S/C4H11O3P.Nd/c1-2-3-4-7-8(5)6;/h8H,2-4H2,1H3,(H,5,6);. The molecule has 1 N–H and O–H groups in total. The third-order valence-corrected chi connectivity index (χ3v) is 1.17. The van der Waals surface area contributed by atoms with Gasteiger partial charge in [0.1, 0.15) is 0 Å². The van der Waals surface area contributed by atoms with Gasteiger partial charge in [-0.05, 0) is 6.42 Å². The maximum Gasteiger partial charge on any atom is 0.316 e. The molecule has 0 fully saturated rings. The quantitative estimate of drug-likeness (QED) is 0.622. The van der Waals surface area contributed by atoms with Gasteiger partial charge >= 0.3 is 8.25 Å². The third-order valence-electron chi connectivity index (χ3n) is 0.723. The number of rotatable bonds is 4. The van der Waals surface area contributed by atoms with Crippen molar-refractivity contribution < 1.29 is 54.8 Å². The van der Waals surface area contributed by atoms with Crippen molar-refractivity contribution in [3.8, 4) is 0 Å². The van der Waals surface area contributed by atoms with Crippen LogP contribution in [-0.2, 0) is 9.09 Å². The fourth-order valence-corrected chi connectivity index (χ4v) is 0.623. The molecule has 54 valence electrons. The van der Waals surface area contributed by atoms with E-state index >= 15 is 0 Å². The first-order chi connectivity index (χ1) is 3.77. The van der Waals surface area contributed by atoms with Gasteiger partial charge < -0.3 is 9.42 Å². The van der Waals surface area contributed by atoms with E-state index in [0.29, 0.717) is 6.61 Å². The van der Waals surface area contributed by atoms with Crippen LogP contribution in [0, 0.1) is 40.8 Å². The molecule has 1 unspecified atom stereocenters. The van der Waals surface area contributed by atoms with Gasteiger partial charge in [-0.1, -0.05) is 13.3 Å². The largest absolute Gasteiger partial charge is 0.326 e. The van der Waals surface area contributed by atoms with E-state index < -0.39 is 8.25 Å². The molecule has 0 saturated heterocycles. The smallest absolute Gasteiger partial charge is 0.316 e. The molecule has 9 heavy (non-hydrogen) atoms. The van der Waals surface area contributed by atoms with Crippen molar-refractivity contribution in [2.45, 2.75) is 19.8 Å².